The Balaban J connectivity index is 2.12. The van der Waals surface area contributed by atoms with Crippen LogP contribution in [0.3, 0.4) is 0 Å². The summed E-state index contributed by atoms with van der Waals surface area (Å²) in [6.07, 6.45) is 0. The van der Waals surface area contributed by atoms with E-state index in [1.807, 2.05) is 43.6 Å². The molecule has 5 heteroatoms. The molecule has 1 unspecified atom stereocenters. The normalized spacial score (nSPS) is 11.9. The Morgan fingerprint density at radius 3 is 2.90 bits per heavy atom. The summed E-state index contributed by atoms with van der Waals surface area (Å²) < 4.78 is 0. The number of anilines is 1. The van der Waals surface area contributed by atoms with Crippen molar-refractivity contribution in [3.63, 3.8) is 0 Å². The number of aryl methyl sites for hydroxylation is 1. The number of nitrogens with zero attached hydrogens (tertiary/aromatic N) is 1. The average Bonchev–Trinajstić information content (AvgIpc) is 2.85. The lowest BCUT2D eigenvalue weighted by molar-refractivity contribution is 0.0956. The molecule has 0 spiro atoms. The predicted octanol–water partition coefficient (Wildman–Crippen LogP) is 3.37. The van der Waals surface area contributed by atoms with Gasteiger partial charge in [0.05, 0.1) is 17.2 Å². The van der Waals surface area contributed by atoms with Crippen LogP contribution in [0, 0.1) is 6.92 Å². The molecule has 2 rings (SSSR count). The zero-order valence-corrected chi connectivity index (χ0v) is 12.8. The largest absolute Gasteiger partial charge is 0.378 e. The van der Waals surface area contributed by atoms with Gasteiger partial charge in [-0.15, -0.1) is 11.3 Å². The fourth-order valence-electron chi connectivity index (χ4n) is 2.05. The van der Waals surface area contributed by atoms with Crippen LogP contribution in [-0.2, 0) is 0 Å². The summed E-state index contributed by atoms with van der Waals surface area (Å²) in [5.41, 5.74) is 4.52. The molecule has 0 bridgehead atoms. The molecular weight excluding hydrogens is 270 g/mol. The Morgan fingerprint density at radius 1 is 1.45 bits per heavy atom. The van der Waals surface area contributed by atoms with E-state index in [9.17, 15) is 4.79 Å². The topological polar surface area (TPSA) is 54.0 Å². The zero-order chi connectivity index (χ0) is 14.5. The third kappa shape index (κ3) is 3.36. The quantitative estimate of drug-likeness (QED) is 0.887. The molecule has 1 aromatic heterocycles. The van der Waals surface area contributed by atoms with Gasteiger partial charge in [-0.2, -0.15) is 0 Å². The Bertz CT molecular complexity index is 594. The van der Waals surface area contributed by atoms with Gasteiger partial charge >= 0.3 is 0 Å². The number of aromatic nitrogens is 1. The van der Waals surface area contributed by atoms with Crippen molar-refractivity contribution in [1.29, 1.82) is 0 Å². The minimum Gasteiger partial charge on any atom is -0.378 e. The second-order valence-electron chi connectivity index (χ2n) is 4.61. The van der Waals surface area contributed by atoms with Gasteiger partial charge in [0.2, 0.25) is 0 Å². The number of hydrogen-bond acceptors (Lipinski definition) is 4. The minimum absolute atomic E-state index is 0.0437. The third-order valence-corrected chi connectivity index (χ3v) is 4.13. The monoisotopic (exact) mass is 289 g/mol. The highest BCUT2D eigenvalue weighted by atomic mass is 32.1. The smallest absolute Gasteiger partial charge is 0.251 e. The van der Waals surface area contributed by atoms with Crippen molar-refractivity contribution in [1.82, 2.24) is 10.3 Å². The lowest BCUT2D eigenvalue weighted by atomic mass is 10.1. The molecule has 4 nitrogen and oxygen atoms in total. The molecule has 0 radical (unpaired) electrons. The summed E-state index contributed by atoms with van der Waals surface area (Å²) in [7, 11) is 0. The van der Waals surface area contributed by atoms with Crippen molar-refractivity contribution in [3.8, 4) is 0 Å². The van der Waals surface area contributed by atoms with E-state index in [-0.39, 0.29) is 11.9 Å². The van der Waals surface area contributed by atoms with Crippen LogP contribution in [0.15, 0.2) is 29.8 Å². The number of hydrogen-bond donors (Lipinski definition) is 2. The third-order valence-electron chi connectivity index (χ3n) is 3.02. The summed E-state index contributed by atoms with van der Waals surface area (Å²) in [6.45, 7) is 6.65. The minimum atomic E-state index is -0.0437. The second kappa shape index (κ2) is 6.52. The van der Waals surface area contributed by atoms with Crippen LogP contribution in [0.25, 0.3) is 0 Å². The summed E-state index contributed by atoms with van der Waals surface area (Å²) in [6, 6.07) is 7.72. The van der Waals surface area contributed by atoms with Crippen molar-refractivity contribution in [2.45, 2.75) is 26.8 Å². The molecule has 1 aromatic carbocycles. The fraction of sp³-hybridized carbons (Fsp3) is 0.333. The molecule has 0 fully saturated rings. The van der Waals surface area contributed by atoms with Crippen LogP contribution in [0.2, 0.25) is 0 Å². The lowest BCUT2D eigenvalue weighted by Gasteiger charge is -2.15. The van der Waals surface area contributed by atoms with Gasteiger partial charge in [0, 0.05) is 22.7 Å². The van der Waals surface area contributed by atoms with Gasteiger partial charge in [0.1, 0.15) is 0 Å². The summed E-state index contributed by atoms with van der Waals surface area (Å²) in [4.78, 5) is 17.3. The second-order valence-corrected chi connectivity index (χ2v) is 5.49. The molecule has 2 aromatic rings. The molecular formula is C15H19N3OS. The average molecular weight is 289 g/mol. The van der Waals surface area contributed by atoms with Gasteiger partial charge in [0.15, 0.2) is 0 Å². The number of amides is 1. The Labute approximate surface area is 123 Å². The molecule has 0 saturated heterocycles. The van der Waals surface area contributed by atoms with E-state index in [2.05, 4.69) is 22.5 Å². The first-order chi connectivity index (χ1) is 9.61. The molecule has 1 amide bonds. The van der Waals surface area contributed by atoms with Crippen LogP contribution < -0.4 is 10.6 Å². The van der Waals surface area contributed by atoms with Gasteiger partial charge in [-0.3, -0.25) is 4.79 Å². The highest BCUT2D eigenvalue weighted by molar-refractivity contribution is 7.09. The summed E-state index contributed by atoms with van der Waals surface area (Å²) in [5, 5.41) is 6.22. The van der Waals surface area contributed by atoms with Crippen LogP contribution in [0.4, 0.5) is 5.69 Å². The first kappa shape index (κ1) is 14.5. The van der Waals surface area contributed by atoms with E-state index in [0.717, 1.165) is 11.4 Å². The maximum atomic E-state index is 11.8. The number of benzene rings is 1. The number of nitrogens with one attached hydrogen (secondary N) is 2. The molecule has 106 valence electrons. The van der Waals surface area contributed by atoms with Gasteiger partial charge in [0.25, 0.3) is 5.91 Å². The first-order valence-corrected chi connectivity index (χ1v) is 7.54. The van der Waals surface area contributed by atoms with Crippen LogP contribution in [0.1, 0.15) is 40.8 Å². The highest BCUT2D eigenvalue weighted by Gasteiger charge is 2.11. The number of carbonyl (C=O) groups is 1. The molecule has 2 N–H and O–H groups in total. The van der Waals surface area contributed by atoms with Crippen LogP contribution >= 0.6 is 11.3 Å². The SMILES string of the molecule is CCNC(=O)c1cccc(NC(C)c2scnc2C)c1. The first-order valence-electron chi connectivity index (χ1n) is 6.66. The van der Waals surface area contributed by atoms with Gasteiger partial charge in [-0.25, -0.2) is 4.98 Å². The number of rotatable bonds is 5. The zero-order valence-electron chi connectivity index (χ0n) is 11.9. The fourth-order valence-corrected chi connectivity index (χ4v) is 2.87. The Morgan fingerprint density at radius 2 is 2.25 bits per heavy atom. The van der Waals surface area contributed by atoms with Crippen molar-refractivity contribution in [2.24, 2.45) is 0 Å². The van der Waals surface area contributed by atoms with Crippen molar-refractivity contribution in [3.05, 3.63) is 45.9 Å². The van der Waals surface area contributed by atoms with E-state index < -0.39 is 0 Å². The summed E-state index contributed by atoms with van der Waals surface area (Å²) >= 11 is 1.64. The van der Waals surface area contributed by atoms with Crippen molar-refractivity contribution >= 4 is 22.9 Å². The molecule has 20 heavy (non-hydrogen) atoms. The van der Waals surface area contributed by atoms with Crippen molar-refractivity contribution in [2.75, 3.05) is 11.9 Å². The molecule has 0 aliphatic carbocycles. The molecule has 1 heterocycles. The Kier molecular flexibility index (Phi) is 4.74. The number of thiazole rings is 1. The molecule has 0 aliphatic rings. The lowest BCUT2D eigenvalue weighted by Crippen LogP contribution is -2.22. The van der Waals surface area contributed by atoms with Gasteiger partial charge < -0.3 is 10.6 Å². The number of carbonyl (C=O) groups excluding carboxylic acids is 1. The van der Waals surface area contributed by atoms with Gasteiger partial charge in [-0.05, 0) is 39.0 Å². The van der Waals surface area contributed by atoms with Gasteiger partial charge in [-0.1, -0.05) is 6.07 Å². The predicted molar refractivity (Wildman–Crippen MR) is 83.3 cm³/mol. The Hall–Kier alpha value is -1.88. The van der Waals surface area contributed by atoms with E-state index in [4.69, 9.17) is 0 Å². The molecule has 0 aliphatic heterocycles. The van der Waals surface area contributed by atoms with E-state index in [0.29, 0.717) is 12.1 Å². The van der Waals surface area contributed by atoms with E-state index >= 15 is 0 Å². The highest BCUT2D eigenvalue weighted by Crippen LogP contribution is 2.25. The molecule has 1 atom stereocenters. The maximum Gasteiger partial charge on any atom is 0.251 e. The van der Waals surface area contributed by atoms with Crippen molar-refractivity contribution < 1.29 is 4.79 Å². The standard InChI is InChI=1S/C15H19N3OS/c1-4-16-15(19)12-6-5-7-13(8-12)18-11(3)14-10(2)17-9-20-14/h5-9,11,18H,4H2,1-3H3,(H,16,19). The summed E-state index contributed by atoms with van der Waals surface area (Å²) in [5.74, 6) is -0.0437. The van der Waals surface area contributed by atoms with Crippen LogP contribution in [-0.4, -0.2) is 17.4 Å². The van der Waals surface area contributed by atoms with E-state index in [1.54, 1.807) is 11.3 Å². The maximum absolute atomic E-state index is 11.8. The van der Waals surface area contributed by atoms with E-state index in [1.165, 1.54) is 4.88 Å². The van der Waals surface area contributed by atoms with Crippen LogP contribution in [0.5, 0.6) is 0 Å². The molecule has 0 saturated carbocycles.